The van der Waals surface area contributed by atoms with Crippen molar-refractivity contribution in [1.29, 1.82) is 0 Å². The van der Waals surface area contributed by atoms with Crippen LogP contribution >= 0.6 is 11.6 Å². The number of phenols is 1. The van der Waals surface area contributed by atoms with E-state index in [1.165, 1.54) is 6.07 Å². The second kappa shape index (κ2) is 5.38. The lowest BCUT2D eigenvalue weighted by atomic mass is 10.0. The molecule has 0 aliphatic carbocycles. The maximum absolute atomic E-state index is 11.7. The second-order valence-corrected chi connectivity index (χ2v) is 4.81. The summed E-state index contributed by atoms with van der Waals surface area (Å²) in [6.07, 6.45) is 0. The highest BCUT2D eigenvalue weighted by Gasteiger charge is 2.19. The van der Waals surface area contributed by atoms with Gasteiger partial charge in [0.15, 0.2) is 0 Å². The number of aryl methyl sites for hydroxylation is 1. The van der Waals surface area contributed by atoms with Gasteiger partial charge in [0.2, 0.25) is 5.91 Å². The van der Waals surface area contributed by atoms with E-state index in [1.807, 2.05) is 13.8 Å². The number of aromatic hydroxyl groups is 1. The number of nitrogens with two attached hydrogens (primary N) is 1. The van der Waals surface area contributed by atoms with Gasteiger partial charge in [-0.25, -0.2) is 0 Å². The summed E-state index contributed by atoms with van der Waals surface area (Å²) < 4.78 is 0. The van der Waals surface area contributed by atoms with Crippen molar-refractivity contribution in [2.75, 3.05) is 5.32 Å². The lowest BCUT2D eigenvalue weighted by molar-refractivity contribution is -0.118. The zero-order chi connectivity index (χ0) is 13.2. The molecule has 0 aliphatic heterocycles. The highest BCUT2D eigenvalue weighted by molar-refractivity contribution is 6.31. The first-order valence-electron chi connectivity index (χ1n) is 5.38. The number of halogens is 1. The van der Waals surface area contributed by atoms with E-state index in [2.05, 4.69) is 5.32 Å². The lowest BCUT2D eigenvalue weighted by Crippen LogP contribution is -2.39. The minimum Gasteiger partial charge on any atom is -0.505 e. The van der Waals surface area contributed by atoms with Crippen LogP contribution in [0, 0.1) is 12.8 Å². The predicted octanol–water partition coefficient (Wildman–Crippen LogP) is 2.28. The number of rotatable bonds is 3. The molecule has 1 aromatic rings. The maximum atomic E-state index is 11.7. The van der Waals surface area contributed by atoms with E-state index < -0.39 is 6.04 Å². The summed E-state index contributed by atoms with van der Waals surface area (Å²) in [5.74, 6) is -0.298. The zero-order valence-electron chi connectivity index (χ0n) is 10.1. The Kier molecular flexibility index (Phi) is 4.37. The Labute approximate surface area is 106 Å². The van der Waals surface area contributed by atoms with Gasteiger partial charge in [0.25, 0.3) is 0 Å². The van der Waals surface area contributed by atoms with Gasteiger partial charge >= 0.3 is 0 Å². The summed E-state index contributed by atoms with van der Waals surface area (Å²) in [4.78, 5) is 11.7. The molecule has 0 aliphatic rings. The van der Waals surface area contributed by atoms with Crippen molar-refractivity contribution in [3.8, 4) is 5.75 Å². The van der Waals surface area contributed by atoms with Crippen LogP contribution in [-0.4, -0.2) is 17.1 Å². The molecule has 4 nitrogen and oxygen atoms in total. The van der Waals surface area contributed by atoms with Crippen molar-refractivity contribution in [2.45, 2.75) is 26.8 Å². The zero-order valence-corrected chi connectivity index (χ0v) is 10.9. The van der Waals surface area contributed by atoms with E-state index in [4.69, 9.17) is 17.3 Å². The van der Waals surface area contributed by atoms with E-state index >= 15 is 0 Å². The summed E-state index contributed by atoms with van der Waals surface area (Å²) in [7, 11) is 0. The predicted molar refractivity (Wildman–Crippen MR) is 69.3 cm³/mol. The molecule has 0 spiro atoms. The van der Waals surface area contributed by atoms with Gasteiger partial charge in [0.1, 0.15) is 5.75 Å². The fourth-order valence-electron chi connectivity index (χ4n) is 1.35. The van der Waals surface area contributed by atoms with Crippen molar-refractivity contribution >= 4 is 23.2 Å². The molecule has 0 fully saturated rings. The fourth-order valence-corrected chi connectivity index (χ4v) is 1.62. The molecule has 0 radical (unpaired) electrons. The van der Waals surface area contributed by atoms with Gasteiger partial charge in [0.05, 0.1) is 11.7 Å². The first kappa shape index (κ1) is 13.8. The topological polar surface area (TPSA) is 75.4 Å². The number of carbonyl (C=O) groups excluding carboxylic acids is 1. The molecule has 0 saturated heterocycles. The number of phenolic OH excluding ortho intramolecular Hbond substituents is 1. The molecule has 0 bridgehead atoms. The Morgan fingerprint density at radius 2 is 2.06 bits per heavy atom. The first-order chi connectivity index (χ1) is 7.82. The SMILES string of the molecule is Cc1cc(Cl)cc(NC(=O)[C@@H](N)C(C)C)c1O. The van der Waals surface area contributed by atoms with Gasteiger partial charge < -0.3 is 16.2 Å². The highest BCUT2D eigenvalue weighted by atomic mass is 35.5. The summed E-state index contributed by atoms with van der Waals surface area (Å²) in [6.45, 7) is 5.42. The molecule has 1 rings (SSSR count). The van der Waals surface area contributed by atoms with Gasteiger partial charge in [-0.05, 0) is 30.5 Å². The van der Waals surface area contributed by atoms with Crippen LogP contribution in [0.1, 0.15) is 19.4 Å². The smallest absolute Gasteiger partial charge is 0.241 e. The van der Waals surface area contributed by atoms with Crippen LogP contribution in [0.3, 0.4) is 0 Å². The third-order valence-electron chi connectivity index (χ3n) is 2.54. The molecule has 5 heteroatoms. The molecule has 1 aromatic carbocycles. The number of benzene rings is 1. The van der Waals surface area contributed by atoms with Crippen LogP contribution in [0.15, 0.2) is 12.1 Å². The minimum absolute atomic E-state index is 0.0127. The molecular weight excluding hydrogens is 240 g/mol. The molecule has 4 N–H and O–H groups in total. The molecule has 0 aromatic heterocycles. The summed E-state index contributed by atoms with van der Waals surface area (Å²) in [6, 6.07) is 2.50. The average molecular weight is 257 g/mol. The number of anilines is 1. The van der Waals surface area contributed by atoms with E-state index in [1.54, 1.807) is 13.0 Å². The summed E-state index contributed by atoms with van der Waals surface area (Å²) >= 11 is 5.85. The number of amides is 1. The molecular formula is C12H17ClN2O2. The largest absolute Gasteiger partial charge is 0.505 e. The highest BCUT2D eigenvalue weighted by Crippen LogP contribution is 2.31. The van der Waals surface area contributed by atoms with Crippen molar-refractivity contribution < 1.29 is 9.90 Å². The van der Waals surface area contributed by atoms with E-state index in [9.17, 15) is 9.90 Å². The van der Waals surface area contributed by atoms with E-state index in [-0.39, 0.29) is 23.3 Å². The summed E-state index contributed by atoms with van der Waals surface area (Å²) in [5.41, 5.74) is 6.60. The molecule has 0 unspecified atom stereocenters. The minimum atomic E-state index is -0.617. The van der Waals surface area contributed by atoms with Crippen molar-refractivity contribution in [3.63, 3.8) is 0 Å². The van der Waals surface area contributed by atoms with Crippen LogP contribution in [0.5, 0.6) is 5.75 Å². The van der Waals surface area contributed by atoms with Gasteiger partial charge in [-0.15, -0.1) is 0 Å². The van der Waals surface area contributed by atoms with Crippen LogP contribution in [0.2, 0.25) is 5.02 Å². The van der Waals surface area contributed by atoms with Crippen LogP contribution < -0.4 is 11.1 Å². The Bertz CT molecular complexity index is 433. The monoisotopic (exact) mass is 256 g/mol. The maximum Gasteiger partial charge on any atom is 0.241 e. The van der Waals surface area contributed by atoms with Gasteiger partial charge in [-0.2, -0.15) is 0 Å². The first-order valence-corrected chi connectivity index (χ1v) is 5.76. The molecule has 0 saturated carbocycles. The van der Waals surface area contributed by atoms with Crippen LogP contribution in [0.4, 0.5) is 5.69 Å². The third-order valence-corrected chi connectivity index (χ3v) is 2.76. The van der Waals surface area contributed by atoms with Gasteiger partial charge in [0, 0.05) is 5.02 Å². The van der Waals surface area contributed by atoms with Crippen molar-refractivity contribution in [1.82, 2.24) is 0 Å². The molecule has 0 heterocycles. The van der Waals surface area contributed by atoms with Crippen LogP contribution in [0.25, 0.3) is 0 Å². The summed E-state index contributed by atoms with van der Waals surface area (Å²) in [5, 5.41) is 12.8. The van der Waals surface area contributed by atoms with Gasteiger partial charge in [-0.1, -0.05) is 25.4 Å². The molecule has 1 atom stereocenters. The Hall–Kier alpha value is -1.26. The van der Waals surface area contributed by atoms with Crippen molar-refractivity contribution in [2.24, 2.45) is 11.7 Å². The number of hydrogen-bond acceptors (Lipinski definition) is 3. The Morgan fingerprint density at radius 3 is 2.59 bits per heavy atom. The molecule has 1 amide bonds. The standard InChI is InChI=1S/C12H17ClN2O2/c1-6(2)10(14)12(17)15-9-5-8(13)4-7(3)11(9)16/h4-6,10,16H,14H2,1-3H3,(H,15,17)/t10-/m0/s1. The normalized spacial score (nSPS) is 12.6. The number of carbonyl (C=O) groups is 1. The van der Waals surface area contributed by atoms with E-state index in [0.29, 0.717) is 10.6 Å². The third kappa shape index (κ3) is 3.35. The second-order valence-electron chi connectivity index (χ2n) is 4.38. The molecule has 94 valence electrons. The quantitative estimate of drug-likeness (QED) is 0.727. The lowest BCUT2D eigenvalue weighted by Gasteiger charge is -2.16. The van der Waals surface area contributed by atoms with E-state index in [0.717, 1.165) is 0 Å². The van der Waals surface area contributed by atoms with Crippen LogP contribution in [-0.2, 0) is 4.79 Å². The number of nitrogens with one attached hydrogen (secondary N) is 1. The molecule has 17 heavy (non-hydrogen) atoms. The Balaban J connectivity index is 2.92. The van der Waals surface area contributed by atoms with Gasteiger partial charge in [-0.3, -0.25) is 4.79 Å². The fraction of sp³-hybridized carbons (Fsp3) is 0.417. The average Bonchev–Trinajstić information content (AvgIpc) is 2.23. The van der Waals surface area contributed by atoms with Crippen molar-refractivity contribution in [3.05, 3.63) is 22.7 Å². The Morgan fingerprint density at radius 1 is 1.47 bits per heavy atom. The number of hydrogen-bond donors (Lipinski definition) is 3.